The molecule has 130 valence electrons. The van der Waals surface area contributed by atoms with Gasteiger partial charge >= 0.3 is 0 Å². The van der Waals surface area contributed by atoms with Crippen LogP contribution in [0.1, 0.15) is 19.8 Å². The quantitative estimate of drug-likeness (QED) is 0.810. The highest BCUT2D eigenvalue weighted by atomic mass is 32.2. The third-order valence-electron chi connectivity index (χ3n) is 4.10. The summed E-state index contributed by atoms with van der Waals surface area (Å²) in [5, 5.41) is 0.468. The molecule has 8 heteroatoms. The molecular weight excluding hydrogens is 348 g/mol. The van der Waals surface area contributed by atoms with Gasteiger partial charge in [-0.1, -0.05) is 30.8 Å². The maximum atomic E-state index is 12.0. The summed E-state index contributed by atoms with van der Waals surface area (Å²) in [5.74, 6) is 0.653. The van der Waals surface area contributed by atoms with Crippen LogP contribution >= 0.6 is 11.8 Å². The maximum absolute atomic E-state index is 12.0. The molecule has 0 saturated carbocycles. The Morgan fingerprint density at radius 3 is 2.83 bits per heavy atom. The van der Waals surface area contributed by atoms with E-state index in [4.69, 9.17) is 4.74 Å². The fraction of sp³-hybridized carbons (Fsp3) is 0.500. The summed E-state index contributed by atoms with van der Waals surface area (Å²) in [6.45, 7) is 1.93. The molecule has 0 spiro atoms. The number of fused-ring (bicyclic) bond motifs is 1. The Morgan fingerprint density at radius 2 is 2.12 bits per heavy atom. The van der Waals surface area contributed by atoms with Crippen LogP contribution in [0.4, 0.5) is 5.69 Å². The van der Waals surface area contributed by atoms with Gasteiger partial charge in [-0.25, -0.2) is 8.42 Å². The molecule has 6 nitrogen and oxygen atoms in total. The minimum Gasteiger partial charge on any atom is -0.495 e. The molecular formula is C16H20N2O4S2. The lowest BCUT2D eigenvalue weighted by atomic mass is 10.2. The molecule has 0 aromatic heterocycles. The third kappa shape index (κ3) is 3.30. The first-order valence-corrected chi connectivity index (χ1v) is 10.6. The number of para-hydroxylation sites is 2. The summed E-state index contributed by atoms with van der Waals surface area (Å²) >= 11 is 1.38. The third-order valence-corrected chi connectivity index (χ3v) is 7.31. The molecule has 2 atom stereocenters. The number of rotatable bonds is 4. The lowest BCUT2D eigenvalue weighted by Gasteiger charge is -2.26. The molecule has 2 aliphatic rings. The molecule has 0 aliphatic carbocycles. The van der Waals surface area contributed by atoms with E-state index in [1.165, 1.54) is 11.8 Å². The van der Waals surface area contributed by atoms with Crippen LogP contribution in [-0.4, -0.2) is 49.4 Å². The number of methoxy groups -OCH3 is 1. The van der Waals surface area contributed by atoms with E-state index in [-0.39, 0.29) is 28.7 Å². The Labute approximate surface area is 146 Å². The number of amides is 1. The van der Waals surface area contributed by atoms with Crippen LogP contribution in [0.5, 0.6) is 5.75 Å². The number of amidine groups is 1. The highest BCUT2D eigenvalue weighted by Crippen LogP contribution is 2.43. The summed E-state index contributed by atoms with van der Waals surface area (Å²) in [4.78, 5) is 18.1. The highest BCUT2D eigenvalue weighted by molar-refractivity contribution is 8.16. The number of thioether (sulfide) groups is 1. The molecule has 0 unspecified atom stereocenters. The van der Waals surface area contributed by atoms with Gasteiger partial charge in [-0.2, -0.15) is 4.99 Å². The minimum absolute atomic E-state index is 0.0731. The van der Waals surface area contributed by atoms with E-state index in [9.17, 15) is 13.2 Å². The van der Waals surface area contributed by atoms with E-state index >= 15 is 0 Å². The van der Waals surface area contributed by atoms with E-state index < -0.39 is 9.84 Å². The van der Waals surface area contributed by atoms with E-state index in [1.807, 2.05) is 36.1 Å². The van der Waals surface area contributed by atoms with Crippen molar-refractivity contribution < 1.29 is 17.9 Å². The standard InChI is InChI=1S/C16H20N2O4S2/c1-3-6-15(19)17-16-18(11-7-4-5-8-13(11)22-2)12-9-24(20,21)10-14(12)23-16/h4-5,7-8,12,14H,3,6,9-10H2,1-2H3/t12-,14-/m1/s1. The first-order valence-electron chi connectivity index (χ1n) is 7.86. The van der Waals surface area contributed by atoms with Gasteiger partial charge in [0.1, 0.15) is 5.75 Å². The van der Waals surface area contributed by atoms with Crippen LogP contribution in [0.15, 0.2) is 29.3 Å². The zero-order valence-corrected chi connectivity index (χ0v) is 15.3. The van der Waals surface area contributed by atoms with Crippen LogP contribution in [0, 0.1) is 0 Å². The van der Waals surface area contributed by atoms with E-state index in [2.05, 4.69) is 4.99 Å². The fourth-order valence-electron chi connectivity index (χ4n) is 3.05. The predicted molar refractivity (Wildman–Crippen MR) is 96.6 cm³/mol. The zero-order chi connectivity index (χ0) is 17.3. The van der Waals surface area contributed by atoms with Crippen LogP contribution in [0.25, 0.3) is 0 Å². The van der Waals surface area contributed by atoms with Gasteiger partial charge in [-0.15, -0.1) is 0 Å². The van der Waals surface area contributed by atoms with Crippen molar-refractivity contribution in [3.05, 3.63) is 24.3 Å². The molecule has 0 N–H and O–H groups in total. The summed E-state index contributed by atoms with van der Waals surface area (Å²) < 4.78 is 29.5. The Hall–Kier alpha value is -1.54. The largest absolute Gasteiger partial charge is 0.495 e. The van der Waals surface area contributed by atoms with Gasteiger partial charge in [-0.3, -0.25) is 4.79 Å². The van der Waals surface area contributed by atoms with Crippen molar-refractivity contribution in [2.24, 2.45) is 4.99 Å². The topological polar surface area (TPSA) is 76.0 Å². The molecule has 2 heterocycles. The smallest absolute Gasteiger partial charge is 0.248 e. The summed E-state index contributed by atoms with van der Waals surface area (Å²) in [6, 6.07) is 7.19. The van der Waals surface area contributed by atoms with Gasteiger partial charge in [0, 0.05) is 11.7 Å². The minimum atomic E-state index is -3.07. The zero-order valence-electron chi connectivity index (χ0n) is 13.6. The van der Waals surface area contributed by atoms with Crippen molar-refractivity contribution in [2.75, 3.05) is 23.5 Å². The molecule has 1 aromatic rings. The Morgan fingerprint density at radius 1 is 1.38 bits per heavy atom. The number of ether oxygens (including phenoxy) is 1. The van der Waals surface area contributed by atoms with Crippen molar-refractivity contribution in [3.8, 4) is 5.75 Å². The fourth-order valence-corrected chi connectivity index (χ4v) is 6.98. The molecule has 0 bridgehead atoms. The first kappa shape index (κ1) is 17.3. The molecule has 2 aliphatic heterocycles. The Kier molecular flexibility index (Phi) is 4.87. The molecule has 24 heavy (non-hydrogen) atoms. The average Bonchev–Trinajstić information content (AvgIpc) is 2.98. The van der Waals surface area contributed by atoms with Crippen molar-refractivity contribution in [2.45, 2.75) is 31.1 Å². The monoisotopic (exact) mass is 368 g/mol. The average molecular weight is 368 g/mol. The number of hydrogen-bond acceptors (Lipinski definition) is 5. The van der Waals surface area contributed by atoms with Gasteiger partial charge in [0.2, 0.25) is 5.91 Å². The number of aliphatic imine (C=N–C) groups is 1. The van der Waals surface area contributed by atoms with Crippen molar-refractivity contribution in [1.82, 2.24) is 0 Å². The number of anilines is 1. The predicted octanol–water partition coefficient (Wildman–Crippen LogP) is 2.10. The first-order chi connectivity index (χ1) is 11.4. The second kappa shape index (κ2) is 6.76. The molecule has 1 amide bonds. The van der Waals surface area contributed by atoms with Gasteiger partial charge < -0.3 is 9.64 Å². The van der Waals surface area contributed by atoms with Crippen LogP contribution < -0.4 is 9.64 Å². The second-order valence-electron chi connectivity index (χ2n) is 5.88. The maximum Gasteiger partial charge on any atom is 0.248 e. The summed E-state index contributed by atoms with van der Waals surface area (Å²) in [5.41, 5.74) is 0.750. The van der Waals surface area contributed by atoms with Gasteiger partial charge in [-0.05, 0) is 18.6 Å². The van der Waals surface area contributed by atoms with Crippen LogP contribution in [-0.2, 0) is 14.6 Å². The lowest BCUT2D eigenvalue weighted by molar-refractivity contribution is -0.117. The Balaban J connectivity index is 2.03. The molecule has 2 fully saturated rings. The second-order valence-corrected chi connectivity index (χ2v) is 9.24. The SMILES string of the molecule is CCCC(=O)N=C1S[C@@H]2CS(=O)(=O)C[C@H]2N1c1ccccc1OC. The van der Waals surface area contributed by atoms with E-state index in [1.54, 1.807) is 7.11 Å². The number of benzene rings is 1. The van der Waals surface area contributed by atoms with Gasteiger partial charge in [0.25, 0.3) is 0 Å². The number of hydrogen-bond donors (Lipinski definition) is 0. The normalized spacial score (nSPS) is 26.6. The lowest BCUT2D eigenvalue weighted by Crippen LogP contribution is -2.38. The molecule has 1 aromatic carbocycles. The summed E-state index contributed by atoms with van der Waals surface area (Å²) in [6.07, 6.45) is 1.12. The van der Waals surface area contributed by atoms with Crippen LogP contribution in [0.2, 0.25) is 0 Å². The number of nitrogens with zero attached hydrogens (tertiary/aromatic N) is 2. The van der Waals surface area contributed by atoms with Crippen molar-refractivity contribution >= 4 is 38.4 Å². The van der Waals surface area contributed by atoms with Crippen molar-refractivity contribution in [3.63, 3.8) is 0 Å². The van der Waals surface area contributed by atoms with Crippen molar-refractivity contribution in [1.29, 1.82) is 0 Å². The van der Waals surface area contributed by atoms with Gasteiger partial charge in [0.15, 0.2) is 15.0 Å². The molecule has 0 radical (unpaired) electrons. The number of sulfone groups is 1. The number of carbonyl (C=O) groups excluding carboxylic acids is 1. The highest BCUT2D eigenvalue weighted by Gasteiger charge is 2.49. The van der Waals surface area contributed by atoms with Crippen LogP contribution in [0.3, 0.4) is 0 Å². The summed E-state index contributed by atoms with van der Waals surface area (Å²) in [7, 11) is -1.50. The van der Waals surface area contributed by atoms with E-state index in [0.717, 1.165) is 12.1 Å². The van der Waals surface area contributed by atoms with Gasteiger partial charge in [0.05, 0.1) is 30.3 Å². The van der Waals surface area contributed by atoms with E-state index in [0.29, 0.717) is 17.3 Å². The number of carbonyl (C=O) groups is 1. The molecule has 3 rings (SSSR count). The Bertz CT molecular complexity index is 776. The molecule has 2 saturated heterocycles.